The quantitative estimate of drug-likeness (QED) is 0.783. The fourth-order valence-electron chi connectivity index (χ4n) is 3.00. The molecule has 4 nitrogen and oxygen atoms in total. The van der Waals surface area contributed by atoms with Gasteiger partial charge in [0.05, 0.1) is 0 Å². The van der Waals surface area contributed by atoms with Crippen molar-refractivity contribution in [2.45, 2.75) is 46.5 Å². The van der Waals surface area contributed by atoms with Crippen LogP contribution in [0, 0.1) is 23.7 Å². The Balaban J connectivity index is 2.34. The molecule has 0 aromatic rings. The van der Waals surface area contributed by atoms with E-state index in [1.54, 1.807) is 0 Å². The largest absolute Gasteiger partial charge is 0.370 e. The van der Waals surface area contributed by atoms with Crippen LogP contribution in [0.1, 0.15) is 46.5 Å². The fraction of sp³-hybridized carbons (Fsp3) is 0.857. The molecular weight excluding hydrogens is 228 g/mol. The molecule has 0 bridgehead atoms. The lowest BCUT2D eigenvalue weighted by Crippen LogP contribution is -2.37. The SMILES string of the molecule is CC(CNC(=O)C1C[C@@H](C)C[C@@H](C)C1)CC(N)=O. The molecule has 0 aromatic carbocycles. The highest BCUT2D eigenvalue weighted by atomic mass is 16.2. The summed E-state index contributed by atoms with van der Waals surface area (Å²) in [5, 5.41) is 2.95. The van der Waals surface area contributed by atoms with Crippen molar-refractivity contribution >= 4 is 11.8 Å². The van der Waals surface area contributed by atoms with Crippen LogP contribution >= 0.6 is 0 Å². The molecule has 4 heteroatoms. The highest BCUT2D eigenvalue weighted by Gasteiger charge is 2.28. The number of carbonyl (C=O) groups excluding carboxylic acids is 2. The molecule has 0 aliphatic heterocycles. The number of primary amides is 1. The lowest BCUT2D eigenvalue weighted by atomic mass is 9.76. The highest BCUT2D eigenvalue weighted by Crippen LogP contribution is 2.32. The maximum Gasteiger partial charge on any atom is 0.223 e. The summed E-state index contributed by atoms with van der Waals surface area (Å²) in [7, 11) is 0. The number of carbonyl (C=O) groups is 2. The van der Waals surface area contributed by atoms with Gasteiger partial charge in [-0.15, -0.1) is 0 Å². The van der Waals surface area contributed by atoms with Crippen LogP contribution in [-0.2, 0) is 9.59 Å². The average Bonchev–Trinajstić information content (AvgIpc) is 2.23. The van der Waals surface area contributed by atoms with Crippen LogP contribution in [0.2, 0.25) is 0 Å². The van der Waals surface area contributed by atoms with Gasteiger partial charge in [-0.25, -0.2) is 0 Å². The Morgan fingerprint density at radius 3 is 2.28 bits per heavy atom. The van der Waals surface area contributed by atoms with Gasteiger partial charge in [-0.1, -0.05) is 20.8 Å². The molecule has 0 saturated heterocycles. The van der Waals surface area contributed by atoms with Gasteiger partial charge < -0.3 is 11.1 Å². The fourth-order valence-corrected chi connectivity index (χ4v) is 3.00. The number of rotatable bonds is 5. The minimum Gasteiger partial charge on any atom is -0.370 e. The van der Waals surface area contributed by atoms with Crippen LogP contribution in [-0.4, -0.2) is 18.4 Å². The summed E-state index contributed by atoms with van der Waals surface area (Å²) in [5.74, 6) is 1.36. The maximum absolute atomic E-state index is 12.1. The van der Waals surface area contributed by atoms with Crippen molar-refractivity contribution in [2.75, 3.05) is 6.54 Å². The van der Waals surface area contributed by atoms with Gasteiger partial charge in [0.25, 0.3) is 0 Å². The first-order chi connectivity index (χ1) is 8.38. The van der Waals surface area contributed by atoms with Crippen LogP contribution in [0.15, 0.2) is 0 Å². The van der Waals surface area contributed by atoms with E-state index in [1.807, 2.05) is 6.92 Å². The summed E-state index contributed by atoms with van der Waals surface area (Å²) in [5.41, 5.74) is 5.13. The number of hydrogen-bond donors (Lipinski definition) is 2. The van der Waals surface area contributed by atoms with Crippen molar-refractivity contribution in [2.24, 2.45) is 29.4 Å². The van der Waals surface area contributed by atoms with Crippen molar-refractivity contribution in [1.82, 2.24) is 5.32 Å². The van der Waals surface area contributed by atoms with Crippen LogP contribution in [0.5, 0.6) is 0 Å². The first-order valence-electron chi connectivity index (χ1n) is 6.94. The Labute approximate surface area is 110 Å². The van der Waals surface area contributed by atoms with E-state index in [9.17, 15) is 9.59 Å². The monoisotopic (exact) mass is 254 g/mol. The molecule has 0 heterocycles. The lowest BCUT2D eigenvalue weighted by molar-refractivity contribution is -0.127. The van der Waals surface area contributed by atoms with E-state index < -0.39 is 0 Å². The standard InChI is InChI=1S/C14H26N2O2/c1-9-4-10(2)6-12(5-9)14(18)16-8-11(3)7-13(15)17/h9-12H,4-8H2,1-3H3,(H2,15,17)(H,16,18)/t9-,10+,11?,12?. The number of hydrogen-bond acceptors (Lipinski definition) is 2. The zero-order valence-electron chi connectivity index (χ0n) is 11.7. The van der Waals surface area contributed by atoms with Gasteiger partial charge >= 0.3 is 0 Å². The van der Waals surface area contributed by atoms with Gasteiger partial charge in [0, 0.05) is 18.9 Å². The molecule has 1 aliphatic rings. The molecule has 0 spiro atoms. The van der Waals surface area contributed by atoms with Gasteiger partial charge in [0.2, 0.25) is 11.8 Å². The minimum absolute atomic E-state index is 0.116. The summed E-state index contributed by atoms with van der Waals surface area (Å²) < 4.78 is 0. The van der Waals surface area contributed by atoms with Crippen molar-refractivity contribution in [1.29, 1.82) is 0 Å². The molecule has 104 valence electrons. The third-order valence-electron chi connectivity index (χ3n) is 3.72. The predicted molar refractivity (Wildman–Crippen MR) is 71.7 cm³/mol. The van der Waals surface area contributed by atoms with Crippen LogP contribution < -0.4 is 11.1 Å². The van der Waals surface area contributed by atoms with Crippen molar-refractivity contribution < 1.29 is 9.59 Å². The summed E-state index contributed by atoms with van der Waals surface area (Å²) in [6.07, 6.45) is 3.53. The molecule has 1 fully saturated rings. The van der Waals surface area contributed by atoms with Crippen molar-refractivity contribution in [3.05, 3.63) is 0 Å². The molecule has 1 saturated carbocycles. The zero-order valence-corrected chi connectivity index (χ0v) is 11.7. The molecule has 0 radical (unpaired) electrons. The second-order valence-electron chi connectivity index (χ2n) is 6.14. The highest BCUT2D eigenvalue weighted by molar-refractivity contribution is 5.79. The van der Waals surface area contributed by atoms with Crippen molar-refractivity contribution in [3.8, 4) is 0 Å². The van der Waals surface area contributed by atoms with Gasteiger partial charge in [0.15, 0.2) is 0 Å². The van der Waals surface area contributed by atoms with E-state index in [0.717, 1.165) is 12.8 Å². The van der Waals surface area contributed by atoms with E-state index >= 15 is 0 Å². The van der Waals surface area contributed by atoms with E-state index in [4.69, 9.17) is 5.73 Å². The van der Waals surface area contributed by atoms with E-state index in [2.05, 4.69) is 19.2 Å². The van der Waals surface area contributed by atoms with Crippen LogP contribution in [0.25, 0.3) is 0 Å². The van der Waals surface area contributed by atoms with Crippen LogP contribution in [0.4, 0.5) is 0 Å². The Kier molecular flexibility index (Phi) is 5.63. The summed E-state index contributed by atoms with van der Waals surface area (Å²) in [6, 6.07) is 0. The molecule has 3 N–H and O–H groups in total. The average molecular weight is 254 g/mol. The molecule has 4 atom stereocenters. The second kappa shape index (κ2) is 6.76. The third-order valence-corrected chi connectivity index (χ3v) is 3.72. The van der Waals surface area contributed by atoms with E-state index in [1.165, 1.54) is 6.42 Å². The maximum atomic E-state index is 12.1. The van der Waals surface area contributed by atoms with E-state index in [-0.39, 0.29) is 23.7 Å². The minimum atomic E-state index is -0.309. The number of nitrogens with two attached hydrogens (primary N) is 1. The lowest BCUT2D eigenvalue weighted by Gasteiger charge is -2.30. The normalized spacial score (nSPS) is 29.6. The molecule has 1 rings (SSSR count). The molecule has 18 heavy (non-hydrogen) atoms. The summed E-state index contributed by atoms with van der Waals surface area (Å²) >= 11 is 0. The third kappa shape index (κ3) is 5.07. The second-order valence-corrected chi connectivity index (χ2v) is 6.14. The Morgan fingerprint density at radius 1 is 1.22 bits per heavy atom. The Hall–Kier alpha value is -1.06. The first kappa shape index (κ1) is 15.0. The molecule has 0 aromatic heterocycles. The summed E-state index contributed by atoms with van der Waals surface area (Å²) in [6.45, 7) is 6.90. The van der Waals surface area contributed by atoms with Crippen molar-refractivity contribution in [3.63, 3.8) is 0 Å². The predicted octanol–water partition coefficient (Wildman–Crippen LogP) is 1.69. The van der Waals surface area contributed by atoms with Gasteiger partial charge in [-0.05, 0) is 37.0 Å². The topological polar surface area (TPSA) is 72.2 Å². The van der Waals surface area contributed by atoms with Gasteiger partial charge in [-0.2, -0.15) is 0 Å². The van der Waals surface area contributed by atoms with Gasteiger partial charge in [-0.3, -0.25) is 9.59 Å². The number of amides is 2. The molecule has 1 aliphatic carbocycles. The molecule has 2 unspecified atom stereocenters. The Bertz CT molecular complexity index is 294. The Morgan fingerprint density at radius 2 is 1.78 bits per heavy atom. The molecular formula is C14H26N2O2. The first-order valence-corrected chi connectivity index (χ1v) is 6.94. The van der Waals surface area contributed by atoms with E-state index in [0.29, 0.717) is 24.8 Å². The molecule has 2 amide bonds. The zero-order chi connectivity index (χ0) is 13.7. The number of nitrogens with one attached hydrogen (secondary N) is 1. The summed E-state index contributed by atoms with van der Waals surface area (Å²) in [4.78, 5) is 22.8. The van der Waals surface area contributed by atoms with Crippen LogP contribution in [0.3, 0.4) is 0 Å². The smallest absolute Gasteiger partial charge is 0.223 e. The van der Waals surface area contributed by atoms with Gasteiger partial charge in [0.1, 0.15) is 0 Å².